The van der Waals surface area contributed by atoms with Gasteiger partial charge in [0.2, 0.25) is 0 Å². The highest BCUT2D eigenvalue weighted by atomic mass is 19.1. The first kappa shape index (κ1) is 20.5. The predicted octanol–water partition coefficient (Wildman–Crippen LogP) is 4.92. The number of aliphatic hydroxyl groups is 1. The summed E-state index contributed by atoms with van der Waals surface area (Å²) in [6, 6.07) is 23.8. The van der Waals surface area contributed by atoms with Crippen molar-refractivity contribution in [3.8, 4) is 0 Å². The first-order valence-corrected chi connectivity index (χ1v) is 10.1. The number of aliphatic hydroxyl groups excluding tert-OH is 1. The van der Waals surface area contributed by atoms with E-state index in [1.54, 1.807) is 12.1 Å². The summed E-state index contributed by atoms with van der Waals surface area (Å²) in [7, 11) is 0. The van der Waals surface area contributed by atoms with Crippen LogP contribution in [0.15, 0.2) is 96.3 Å². The zero-order valence-electron chi connectivity index (χ0n) is 16.9. The SMILES string of the molecule is O=C(CCc1ccccc1)C1=C(O)C(=O)N(Cc2ccccc2)C1c1ccc(F)cc1. The lowest BCUT2D eigenvalue weighted by Gasteiger charge is -2.27. The van der Waals surface area contributed by atoms with Gasteiger partial charge in [0.05, 0.1) is 11.6 Å². The molecule has 5 heteroatoms. The molecule has 1 aliphatic heterocycles. The number of rotatable bonds is 7. The van der Waals surface area contributed by atoms with E-state index in [-0.39, 0.29) is 24.3 Å². The topological polar surface area (TPSA) is 57.6 Å². The number of carbonyl (C=O) groups excluding carboxylic acids is 2. The molecule has 3 aromatic rings. The van der Waals surface area contributed by atoms with Crippen LogP contribution in [0.3, 0.4) is 0 Å². The molecule has 1 amide bonds. The third kappa shape index (κ3) is 4.40. The molecule has 31 heavy (non-hydrogen) atoms. The van der Waals surface area contributed by atoms with E-state index in [1.807, 2.05) is 60.7 Å². The van der Waals surface area contributed by atoms with Crippen LogP contribution in [0, 0.1) is 5.82 Å². The van der Waals surface area contributed by atoms with Crippen molar-refractivity contribution in [1.82, 2.24) is 4.90 Å². The van der Waals surface area contributed by atoms with Crippen molar-refractivity contribution < 1.29 is 19.1 Å². The Bertz CT molecular complexity index is 1110. The highest BCUT2D eigenvalue weighted by molar-refractivity contribution is 6.09. The lowest BCUT2D eigenvalue weighted by molar-refractivity contribution is -0.130. The van der Waals surface area contributed by atoms with E-state index in [1.165, 1.54) is 17.0 Å². The van der Waals surface area contributed by atoms with Crippen LogP contribution in [0.5, 0.6) is 0 Å². The average molecular weight is 415 g/mol. The van der Waals surface area contributed by atoms with Crippen molar-refractivity contribution >= 4 is 11.7 Å². The number of halogens is 1. The third-order valence-electron chi connectivity index (χ3n) is 5.47. The largest absolute Gasteiger partial charge is 0.503 e. The van der Waals surface area contributed by atoms with Gasteiger partial charge in [-0.05, 0) is 35.2 Å². The minimum Gasteiger partial charge on any atom is -0.503 e. The van der Waals surface area contributed by atoms with Gasteiger partial charge < -0.3 is 10.0 Å². The van der Waals surface area contributed by atoms with Crippen molar-refractivity contribution in [3.05, 3.63) is 119 Å². The molecule has 0 aromatic heterocycles. The van der Waals surface area contributed by atoms with E-state index in [4.69, 9.17) is 0 Å². The smallest absolute Gasteiger partial charge is 0.290 e. The minimum absolute atomic E-state index is 0.0727. The van der Waals surface area contributed by atoms with E-state index in [2.05, 4.69) is 0 Å². The van der Waals surface area contributed by atoms with Crippen LogP contribution < -0.4 is 0 Å². The van der Waals surface area contributed by atoms with Crippen LogP contribution in [0.2, 0.25) is 0 Å². The first-order chi connectivity index (χ1) is 15.0. The zero-order chi connectivity index (χ0) is 21.8. The number of Topliss-reactive ketones (excluding diaryl/α,β-unsaturated/α-hetero) is 1. The summed E-state index contributed by atoms with van der Waals surface area (Å²) >= 11 is 0. The fourth-order valence-electron chi connectivity index (χ4n) is 3.91. The monoisotopic (exact) mass is 415 g/mol. The number of carbonyl (C=O) groups is 2. The molecule has 156 valence electrons. The van der Waals surface area contributed by atoms with Crippen molar-refractivity contribution in [2.45, 2.75) is 25.4 Å². The molecule has 3 aromatic carbocycles. The molecule has 1 atom stereocenters. The maximum absolute atomic E-state index is 13.5. The van der Waals surface area contributed by atoms with Crippen LogP contribution in [-0.4, -0.2) is 21.7 Å². The van der Waals surface area contributed by atoms with Gasteiger partial charge in [0.15, 0.2) is 11.5 Å². The van der Waals surface area contributed by atoms with Gasteiger partial charge in [-0.1, -0.05) is 72.8 Å². The van der Waals surface area contributed by atoms with E-state index in [0.29, 0.717) is 12.0 Å². The minimum atomic E-state index is -0.767. The molecule has 0 bridgehead atoms. The summed E-state index contributed by atoms with van der Waals surface area (Å²) in [6.45, 7) is 0.223. The van der Waals surface area contributed by atoms with E-state index < -0.39 is 23.5 Å². The lowest BCUT2D eigenvalue weighted by Crippen LogP contribution is -2.30. The maximum Gasteiger partial charge on any atom is 0.290 e. The molecule has 0 saturated carbocycles. The van der Waals surface area contributed by atoms with Crippen LogP contribution >= 0.6 is 0 Å². The zero-order valence-corrected chi connectivity index (χ0v) is 16.9. The summed E-state index contributed by atoms with van der Waals surface area (Å²) in [6.07, 6.45) is 0.660. The second-order valence-corrected chi connectivity index (χ2v) is 7.54. The van der Waals surface area contributed by atoms with Crippen molar-refractivity contribution in [3.63, 3.8) is 0 Å². The molecule has 1 aliphatic rings. The fraction of sp³-hybridized carbons (Fsp3) is 0.154. The van der Waals surface area contributed by atoms with Gasteiger partial charge in [-0.2, -0.15) is 0 Å². The quantitative estimate of drug-likeness (QED) is 0.596. The van der Waals surface area contributed by atoms with E-state index >= 15 is 0 Å². The Labute approximate surface area is 180 Å². The van der Waals surface area contributed by atoms with E-state index in [0.717, 1.165) is 11.1 Å². The number of hydrogen-bond acceptors (Lipinski definition) is 3. The summed E-state index contributed by atoms with van der Waals surface area (Å²) < 4.78 is 13.5. The summed E-state index contributed by atoms with van der Waals surface area (Å²) in [4.78, 5) is 27.6. The van der Waals surface area contributed by atoms with Crippen LogP contribution in [0.1, 0.15) is 29.2 Å². The summed E-state index contributed by atoms with van der Waals surface area (Å²) in [5.74, 6) is -1.82. The summed E-state index contributed by atoms with van der Waals surface area (Å²) in [5.41, 5.74) is 2.52. The molecule has 0 radical (unpaired) electrons. The summed E-state index contributed by atoms with van der Waals surface area (Å²) in [5, 5.41) is 10.7. The second kappa shape index (κ2) is 8.96. The number of hydrogen-bond donors (Lipinski definition) is 1. The van der Waals surface area contributed by atoms with Crippen LogP contribution in [-0.2, 0) is 22.6 Å². The number of nitrogens with zero attached hydrogens (tertiary/aromatic N) is 1. The molecule has 0 aliphatic carbocycles. The molecule has 4 nitrogen and oxygen atoms in total. The highest BCUT2D eigenvalue weighted by Gasteiger charge is 2.43. The fourth-order valence-corrected chi connectivity index (χ4v) is 3.91. The molecular weight excluding hydrogens is 393 g/mol. The average Bonchev–Trinajstić information content (AvgIpc) is 3.04. The maximum atomic E-state index is 13.5. The Morgan fingerprint density at radius 3 is 2.06 bits per heavy atom. The van der Waals surface area contributed by atoms with Crippen LogP contribution in [0.4, 0.5) is 4.39 Å². The Morgan fingerprint density at radius 2 is 1.45 bits per heavy atom. The Kier molecular flexibility index (Phi) is 5.94. The Hall–Kier alpha value is -3.73. The lowest BCUT2D eigenvalue weighted by atomic mass is 9.93. The molecule has 1 unspecified atom stereocenters. The third-order valence-corrected chi connectivity index (χ3v) is 5.47. The molecule has 1 heterocycles. The Balaban J connectivity index is 1.66. The number of amides is 1. The Morgan fingerprint density at radius 1 is 0.871 bits per heavy atom. The van der Waals surface area contributed by atoms with Gasteiger partial charge in [0.1, 0.15) is 5.82 Å². The number of ketones is 1. The molecule has 0 spiro atoms. The standard InChI is InChI=1S/C26H22FNO3/c27-21-14-12-20(13-15-21)24-23(22(29)16-11-18-7-3-1-4-8-18)25(30)26(31)28(24)17-19-9-5-2-6-10-19/h1-10,12-15,24,30H,11,16-17H2. The molecular formula is C26H22FNO3. The van der Waals surface area contributed by atoms with Gasteiger partial charge in [0.25, 0.3) is 5.91 Å². The molecule has 1 N–H and O–H groups in total. The van der Waals surface area contributed by atoms with Gasteiger partial charge >= 0.3 is 0 Å². The molecule has 0 saturated heterocycles. The van der Waals surface area contributed by atoms with Gasteiger partial charge in [-0.15, -0.1) is 0 Å². The van der Waals surface area contributed by atoms with Crippen LogP contribution in [0.25, 0.3) is 0 Å². The predicted molar refractivity (Wildman–Crippen MR) is 116 cm³/mol. The van der Waals surface area contributed by atoms with Crippen molar-refractivity contribution in [1.29, 1.82) is 0 Å². The van der Waals surface area contributed by atoms with E-state index in [9.17, 15) is 19.1 Å². The number of benzene rings is 3. The molecule has 0 fully saturated rings. The normalized spacial score (nSPS) is 16.1. The highest BCUT2D eigenvalue weighted by Crippen LogP contribution is 2.39. The van der Waals surface area contributed by atoms with Gasteiger partial charge in [0, 0.05) is 13.0 Å². The second-order valence-electron chi connectivity index (χ2n) is 7.54. The van der Waals surface area contributed by atoms with Crippen molar-refractivity contribution in [2.24, 2.45) is 0 Å². The first-order valence-electron chi connectivity index (χ1n) is 10.1. The number of aryl methyl sites for hydroxylation is 1. The molecule has 4 rings (SSSR count). The van der Waals surface area contributed by atoms with Gasteiger partial charge in [-0.3, -0.25) is 9.59 Å². The van der Waals surface area contributed by atoms with Crippen molar-refractivity contribution in [2.75, 3.05) is 0 Å². The van der Waals surface area contributed by atoms with Gasteiger partial charge in [-0.25, -0.2) is 4.39 Å².